The third kappa shape index (κ3) is 4.22. The largest absolute Gasteiger partial charge is 0.480 e. The SMILES string of the molecule is CCCC(NC(=O)N1CCN(C)CC1)C(=O)O. The fourth-order valence-electron chi connectivity index (χ4n) is 1.80. The zero-order valence-electron chi connectivity index (χ0n) is 10.5. The maximum absolute atomic E-state index is 11.8. The summed E-state index contributed by atoms with van der Waals surface area (Å²) in [6, 6.07) is -1.04. The Morgan fingerprint density at radius 1 is 1.29 bits per heavy atom. The average Bonchev–Trinajstić information content (AvgIpc) is 2.29. The van der Waals surface area contributed by atoms with E-state index in [2.05, 4.69) is 10.2 Å². The molecule has 1 unspecified atom stereocenters. The number of hydrogen-bond donors (Lipinski definition) is 2. The van der Waals surface area contributed by atoms with Crippen LogP contribution in [0.25, 0.3) is 0 Å². The Morgan fingerprint density at radius 3 is 2.35 bits per heavy atom. The highest BCUT2D eigenvalue weighted by Gasteiger charge is 2.24. The van der Waals surface area contributed by atoms with Gasteiger partial charge in [0.25, 0.3) is 0 Å². The molecule has 1 aliphatic heterocycles. The molecule has 6 heteroatoms. The molecule has 0 aliphatic carbocycles. The molecule has 17 heavy (non-hydrogen) atoms. The molecule has 1 rings (SSSR count). The van der Waals surface area contributed by atoms with Crippen molar-refractivity contribution in [3.05, 3.63) is 0 Å². The molecule has 1 aliphatic rings. The van der Waals surface area contributed by atoms with Crippen LogP contribution < -0.4 is 5.32 Å². The molecule has 1 heterocycles. The first-order valence-corrected chi connectivity index (χ1v) is 6.01. The Bertz CT molecular complexity index is 275. The molecule has 0 bridgehead atoms. The number of carbonyl (C=O) groups is 2. The second-order valence-corrected chi connectivity index (χ2v) is 4.42. The first-order valence-electron chi connectivity index (χ1n) is 6.01. The summed E-state index contributed by atoms with van der Waals surface area (Å²) in [7, 11) is 2.01. The van der Waals surface area contributed by atoms with Crippen molar-refractivity contribution in [1.82, 2.24) is 15.1 Å². The summed E-state index contributed by atoms with van der Waals surface area (Å²) in [5, 5.41) is 11.5. The Kier molecular flexibility index (Phi) is 5.21. The van der Waals surface area contributed by atoms with Crippen LogP contribution in [-0.4, -0.2) is 66.2 Å². The van der Waals surface area contributed by atoms with Crippen molar-refractivity contribution in [3.63, 3.8) is 0 Å². The minimum absolute atomic E-state index is 0.265. The maximum atomic E-state index is 11.8. The summed E-state index contributed by atoms with van der Waals surface area (Å²) in [4.78, 5) is 26.6. The molecular weight excluding hydrogens is 222 g/mol. The lowest BCUT2D eigenvalue weighted by Crippen LogP contribution is -2.53. The Morgan fingerprint density at radius 2 is 1.88 bits per heavy atom. The molecule has 2 amide bonds. The maximum Gasteiger partial charge on any atom is 0.326 e. The number of urea groups is 1. The zero-order chi connectivity index (χ0) is 12.8. The van der Waals surface area contributed by atoms with Gasteiger partial charge in [-0.25, -0.2) is 9.59 Å². The molecule has 0 aromatic carbocycles. The van der Waals surface area contributed by atoms with Gasteiger partial charge in [0.05, 0.1) is 0 Å². The van der Waals surface area contributed by atoms with Gasteiger partial charge in [-0.2, -0.15) is 0 Å². The molecule has 0 radical (unpaired) electrons. The number of hydrogen-bond acceptors (Lipinski definition) is 3. The van der Waals surface area contributed by atoms with Gasteiger partial charge in [0.1, 0.15) is 6.04 Å². The first-order chi connectivity index (χ1) is 8.04. The van der Waals surface area contributed by atoms with Crippen LogP contribution in [0.4, 0.5) is 4.79 Å². The van der Waals surface area contributed by atoms with Crippen LogP contribution in [0, 0.1) is 0 Å². The van der Waals surface area contributed by atoms with E-state index in [0.29, 0.717) is 19.5 Å². The number of carboxylic acid groups (broad SMARTS) is 1. The van der Waals surface area contributed by atoms with Gasteiger partial charge in [0.15, 0.2) is 0 Å². The van der Waals surface area contributed by atoms with Gasteiger partial charge in [0.2, 0.25) is 0 Å². The zero-order valence-corrected chi connectivity index (χ0v) is 10.5. The number of carbonyl (C=O) groups excluding carboxylic acids is 1. The standard InChI is InChI=1S/C11H21N3O3/c1-3-4-9(10(15)16)12-11(17)14-7-5-13(2)6-8-14/h9H,3-8H2,1-2H3,(H,12,17)(H,15,16). The van der Waals surface area contributed by atoms with Gasteiger partial charge < -0.3 is 20.2 Å². The summed E-state index contributed by atoms with van der Waals surface area (Å²) >= 11 is 0. The first kappa shape index (κ1) is 13.8. The smallest absolute Gasteiger partial charge is 0.326 e. The van der Waals surface area contributed by atoms with Crippen LogP contribution in [0.15, 0.2) is 0 Å². The summed E-state index contributed by atoms with van der Waals surface area (Å²) in [5.74, 6) is -0.964. The molecule has 98 valence electrons. The van der Waals surface area contributed by atoms with E-state index in [4.69, 9.17) is 5.11 Å². The Balaban J connectivity index is 2.44. The lowest BCUT2D eigenvalue weighted by Gasteiger charge is -2.33. The van der Waals surface area contributed by atoms with E-state index < -0.39 is 12.0 Å². The van der Waals surface area contributed by atoms with Crippen LogP contribution in [0.3, 0.4) is 0 Å². The fraction of sp³-hybridized carbons (Fsp3) is 0.818. The van der Waals surface area contributed by atoms with Crippen LogP contribution in [0.1, 0.15) is 19.8 Å². The summed E-state index contributed by atoms with van der Waals surface area (Å²) in [6.07, 6.45) is 1.20. The number of piperazine rings is 1. The molecule has 0 aromatic heterocycles. The van der Waals surface area contributed by atoms with Crippen molar-refractivity contribution in [1.29, 1.82) is 0 Å². The van der Waals surface area contributed by atoms with E-state index in [1.807, 2.05) is 14.0 Å². The molecule has 1 saturated heterocycles. The molecule has 1 atom stereocenters. The second kappa shape index (κ2) is 6.44. The predicted octanol–water partition coefficient (Wildman–Crippen LogP) is 0.197. The number of rotatable bonds is 4. The number of likely N-dealkylation sites (N-methyl/N-ethyl adjacent to an activating group) is 1. The van der Waals surface area contributed by atoms with E-state index in [1.54, 1.807) is 4.90 Å². The summed E-state index contributed by atoms with van der Waals surface area (Å²) < 4.78 is 0. The number of aliphatic carboxylic acids is 1. The quantitative estimate of drug-likeness (QED) is 0.739. The molecule has 0 saturated carbocycles. The average molecular weight is 243 g/mol. The Hall–Kier alpha value is -1.30. The van der Waals surface area contributed by atoms with E-state index in [-0.39, 0.29) is 6.03 Å². The van der Waals surface area contributed by atoms with Crippen LogP contribution in [-0.2, 0) is 4.79 Å². The molecule has 1 fully saturated rings. The van der Waals surface area contributed by atoms with Crippen LogP contribution in [0.5, 0.6) is 0 Å². The minimum Gasteiger partial charge on any atom is -0.480 e. The molecule has 0 aromatic rings. The fourth-order valence-corrected chi connectivity index (χ4v) is 1.80. The number of amides is 2. The van der Waals surface area contributed by atoms with Gasteiger partial charge in [-0.05, 0) is 13.5 Å². The van der Waals surface area contributed by atoms with Crippen molar-refractivity contribution in [3.8, 4) is 0 Å². The van der Waals surface area contributed by atoms with Crippen molar-refractivity contribution >= 4 is 12.0 Å². The highest BCUT2D eigenvalue weighted by Crippen LogP contribution is 2.02. The molecular formula is C11H21N3O3. The summed E-state index contributed by atoms with van der Waals surface area (Å²) in [6.45, 7) is 4.87. The molecule has 2 N–H and O–H groups in total. The van der Waals surface area contributed by atoms with Crippen molar-refractivity contribution in [2.75, 3.05) is 33.2 Å². The predicted molar refractivity (Wildman–Crippen MR) is 63.9 cm³/mol. The normalized spacial score (nSPS) is 18.8. The van der Waals surface area contributed by atoms with Gasteiger partial charge in [-0.1, -0.05) is 13.3 Å². The van der Waals surface area contributed by atoms with Gasteiger partial charge in [-0.3, -0.25) is 0 Å². The second-order valence-electron chi connectivity index (χ2n) is 4.42. The number of carboxylic acids is 1. The molecule has 0 spiro atoms. The van der Waals surface area contributed by atoms with E-state index >= 15 is 0 Å². The van der Waals surface area contributed by atoms with Gasteiger partial charge in [-0.15, -0.1) is 0 Å². The topological polar surface area (TPSA) is 72.9 Å². The third-order valence-electron chi connectivity index (χ3n) is 2.96. The monoisotopic (exact) mass is 243 g/mol. The van der Waals surface area contributed by atoms with E-state index in [1.165, 1.54) is 0 Å². The number of nitrogens with one attached hydrogen (secondary N) is 1. The van der Waals surface area contributed by atoms with Gasteiger partial charge >= 0.3 is 12.0 Å². The Labute approximate surface area is 102 Å². The van der Waals surface area contributed by atoms with E-state index in [9.17, 15) is 9.59 Å². The lowest BCUT2D eigenvalue weighted by atomic mass is 10.2. The van der Waals surface area contributed by atoms with Crippen molar-refractivity contribution in [2.45, 2.75) is 25.8 Å². The van der Waals surface area contributed by atoms with Crippen molar-refractivity contribution < 1.29 is 14.7 Å². The lowest BCUT2D eigenvalue weighted by molar-refractivity contribution is -0.139. The summed E-state index contributed by atoms with van der Waals surface area (Å²) in [5.41, 5.74) is 0. The third-order valence-corrected chi connectivity index (χ3v) is 2.96. The highest BCUT2D eigenvalue weighted by molar-refractivity contribution is 5.82. The minimum atomic E-state index is -0.964. The molecule has 6 nitrogen and oxygen atoms in total. The van der Waals surface area contributed by atoms with E-state index in [0.717, 1.165) is 19.5 Å². The van der Waals surface area contributed by atoms with Crippen LogP contribution >= 0.6 is 0 Å². The highest BCUT2D eigenvalue weighted by atomic mass is 16.4. The van der Waals surface area contributed by atoms with Gasteiger partial charge in [0, 0.05) is 26.2 Å². The van der Waals surface area contributed by atoms with Crippen LogP contribution in [0.2, 0.25) is 0 Å². The number of nitrogens with zero attached hydrogens (tertiary/aromatic N) is 2. The van der Waals surface area contributed by atoms with Crippen molar-refractivity contribution in [2.24, 2.45) is 0 Å².